The van der Waals surface area contributed by atoms with E-state index in [2.05, 4.69) is 9.71 Å². The third kappa shape index (κ3) is 2.90. The maximum absolute atomic E-state index is 11.9. The molecule has 0 saturated carbocycles. The van der Waals surface area contributed by atoms with Crippen molar-refractivity contribution in [3.8, 4) is 0 Å². The first kappa shape index (κ1) is 12.6. The van der Waals surface area contributed by atoms with Crippen LogP contribution in [0.1, 0.15) is 0 Å². The fourth-order valence-corrected chi connectivity index (χ4v) is 3.27. The van der Waals surface area contributed by atoms with Gasteiger partial charge in [0.25, 0.3) is 10.0 Å². The number of benzene rings is 1. The maximum Gasteiger partial charge on any atom is 0.263 e. The van der Waals surface area contributed by atoms with E-state index in [9.17, 15) is 8.42 Å². The number of hydrogen-bond donors (Lipinski definition) is 1. The number of rotatable bonds is 3. The molecule has 2 rings (SSSR count). The van der Waals surface area contributed by atoms with E-state index in [1.54, 1.807) is 5.38 Å². The Balaban J connectivity index is 2.35. The van der Waals surface area contributed by atoms with Crippen molar-refractivity contribution in [1.29, 1.82) is 0 Å². The van der Waals surface area contributed by atoms with Crippen LogP contribution in [-0.4, -0.2) is 13.4 Å². The highest BCUT2D eigenvalue weighted by atomic mass is 35.5. The molecule has 0 aliphatic heterocycles. The van der Waals surface area contributed by atoms with Crippen LogP contribution >= 0.6 is 34.5 Å². The molecule has 0 amide bonds. The van der Waals surface area contributed by atoms with Crippen molar-refractivity contribution in [2.75, 3.05) is 4.72 Å². The Kier molecular flexibility index (Phi) is 3.58. The van der Waals surface area contributed by atoms with Gasteiger partial charge in [-0.05, 0) is 18.2 Å². The first-order valence-electron chi connectivity index (χ1n) is 4.36. The third-order valence-corrected chi connectivity index (χ3v) is 4.75. The summed E-state index contributed by atoms with van der Waals surface area (Å²) in [4.78, 5) is 3.88. The van der Waals surface area contributed by atoms with E-state index in [0.29, 0.717) is 10.2 Å². The molecular weight excluding hydrogens is 303 g/mol. The summed E-state index contributed by atoms with van der Waals surface area (Å²) in [6.07, 6.45) is 1.51. The SMILES string of the molecule is O=S(=O)(Nc1nccs1)c1ccc(Cl)c(Cl)c1. The molecule has 1 aromatic heterocycles. The van der Waals surface area contributed by atoms with Crippen molar-refractivity contribution in [1.82, 2.24) is 4.98 Å². The van der Waals surface area contributed by atoms with Crippen molar-refractivity contribution < 1.29 is 8.42 Å². The van der Waals surface area contributed by atoms with Crippen LogP contribution in [-0.2, 0) is 10.0 Å². The quantitative estimate of drug-likeness (QED) is 0.947. The molecule has 1 N–H and O–H groups in total. The van der Waals surface area contributed by atoms with E-state index in [1.807, 2.05) is 0 Å². The lowest BCUT2D eigenvalue weighted by molar-refractivity contribution is 0.601. The van der Waals surface area contributed by atoms with Gasteiger partial charge in [-0.3, -0.25) is 4.72 Å². The molecule has 0 atom stereocenters. The highest BCUT2D eigenvalue weighted by Crippen LogP contribution is 2.26. The predicted molar refractivity (Wildman–Crippen MR) is 69.4 cm³/mol. The van der Waals surface area contributed by atoms with E-state index in [1.165, 1.54) is 35.7 Å². The van der Waals surface area contributed by atoms with Gasteiger partial charge in [0, 0.05) is 11.6 Å². The van der Waals surface area contributed by atoms with Gasteiger partial charge in [0.15, 0.2) is 5.13 Å². The molecule has 17 heavy (non-hydrogen) atoms. The summed E-state index contributed by atoms with van der Waals surface area (Å²) >= 11 is 12.7. The number of sulfonamides is 1. The van der Waals surface area contributed by atoms with Crippen molar-refractivity contribution in [2.45, 2.75) is 4.90 Å². The van der Waals surface area contributed by atoms with Gasteiger partial charge in [0.2, 0.25) is 0 Å². The van der Waals surface area contributed by atoms with Gasteiger partial charge in [-0.1, -0.05) is 23.2 Å². The van der Waals surface area contributed by atoms with Gasteiger partial charge < -0.3 is 0 Å². The molecule has 0 bridgehead atoms. The Morgan fingerprint density at radius 3 is 2.59 bits per heavy atom. The third-order valence-electron chi connectivity index (χ3n) is 1.86. The van der Waals surface area contributed by atoms with Gasteiger partial charge in [0.1, 0.15) is 0 Å². The fraction of sp³-hybridized carbons (Fsp3) is 0. The van der Waals surface area contributed by atoms with Gasteiger partial charge >= 0.3 is 0 Å². The monoisotopic (exact) mass is 308 g/mol. The zero-order chi connectivity index (χ0) is 12.5. The van der Waals surface area contributed by atoms with Crippen LogP contribution in [0, 0.1) is 0 Å². The van der Waals surface area contributed by atoms with Gasteiger partial charge in [-0.2, -0.15) is 0 Å². The Morgan fingerprint density at radius 1 is 1.24 bits per heavy atom. The number of halogens is 2. The smallest absolute Gasteiger partial charge is 0.255 e. The first-order valence-corrected chi connectivity index (χ1v) is 7.48. The highest BCUT2D eigenvalue weighted by Gasteiger charge is 2.16. The molecule has 0 unspecified atom stereocenters. The maximum atomic E-state index is 11.9. The number of nitrogens with zero attached hydrogens (tertiary/aromatic N) is 1. The lowest BCUT2D eigenvalue weighted by atomic mass is 10.4. The Bertz CT molecular complexity index is 626. The summed E-state index contributed by atoms with van der Waals surface area (Å²) in [6, 6.07) is 4.10. The molecule has 4 nitrogen and oxygen atoms in total. The zero-order valence-corrected chi connectivity index (χ0v) is 11.4. The number of hydrogen-bond acceptors (Lipinski definition) is 4. The van der Waals surface area contributed by atoms with Crippen molar-refractivity contribution in [3.63, 3.8) is 0 Å². The Morgan fingerprint density at radius 2 is 2.00 bits per heavy atom. The van der Waals surface area contributed by atoms with Gasteiger partial charge in [-0.15, -0.1) is 11.3 Å². The molecule has 0 spiro atoms. The first-order chi connectivity index (χ1) is 7.99. The number of anilines is 1. The van der Waals surface area contributed by atoms with Crippen molar-refractivity contribution in [2.24, 2.45) is 0 Å². The molecule has 1 heterocycles. The van der Waals surface area contributed by atoms with E-state index >= 15 is 0 Å². The summed E-state index contributed by atoms with van der Waals surface area (Å²) < 4.78 is 26.2. The minimum absolute atomic E-state index is 0.0436. The highest BCUT2D eigenvalue weighted by molar-refractivity contribution is 7.93. The summed E-state index contributed by atoms with van der Waals surface area (Å²) in [5.74, 6) is 0. The second-order valence-electron chi connectivity index (χ2n) is 3.02. The molecule has 0 fully saturated rings. The number of thiazole rings is 1. The topological polar surface area (TPSA) is 59.1 Å². The number of nitrogens with one attached hydrogen (secondary N) is 1. The van der Waals surface area contributed by atoms with E-state index < -0.39 is 10.0 Å². The lowest BCUT2D eigenvalue weighted by Crippen LogP contribution is -2.12. The minimum atomic E-state index is -3.67. The Labute approximate surface area is 112 Å². The Hall–Kier alpha value is -0.820. The van der Waals surface area contributed by atoms with Gasteiger partial charge in [-0.25, -0.2) is 13.4 Å². The molecule has 0 aliphatic carbocycles. The molecular formula is C9H6Cl2N2O2S2. The standard InChI is InChI=1S/C9H6Cl2N2O2S2/c10-7-2-1-6(5-8(7)11)17(14,15)13-9-12-3-4-16-9/h1-5H,(H,12,13). The van der Waals surface area contributed by atoms with Crippen LogP contribution in [0.15, 0.2) is 34.7 Å². The van der Waals surface area contributed by atoms with Crippen LogP contribution in [0.3, 0.4) is 0 Å². The zero-order valence-electron chi connectivity index (χ0n) is 8.22. The summed E-state index contributed by atoms with van der Waals surface area (Å²) in [7, 11) is -3.67. The predicted octanol–water partition coefficient (Wildman–Crippen LogP) is 3.25. The van der Waals surface area contributed by atoms with Crippen LogP contribution in [0.4, 0.5) is 5.13 Å². The fourth-order valence-electron chi connectivity index (χ4n) is 1.09. The van der Waals surface area contributed by atoms with Crippen LogP contribution < -0.4 is 4.72 Å². The molecule has 90 valence electrons. The average Bonchev–Trinajstić information content (AvgIpc) is 2.73. The molecule has 0 radical (unpaired) electrons. The van der Waals surface area contributed by atoms with Crippen LogP contribution in [0.2, 0.25) is 10.0 Å². The lowest BCUT2D eigenvalue weighted by Gasteiger charge is -2.05. The normalized spacial score (nSPS) is 11.4. The molecule has 8 heteroatoms. The molecule has 0 saturated heterocycles. The number of aromatic nitrogens is 1. The molecule has 2 aromatic rings. The second kappa shape index (κ2) is 4.81. The summed E-state index contributed by atoms with van der Waals surface area (Å²) in [5.41, 5.74) is 0. The summed E-state index contributed by atoms with van der Waals surface area (Å²) in [5, 5.41) is 2.47. The van der Waals surface area contributed by atoms with E-state index in [4.69, 9.17) is 23.2 Å². The van der Waals surface area contributed by atoms with Gasteiger partial charge in [0.05, 0.1) is 14.9 Å². The second-order valence-corrected chi connectivity index (χ2v) is 6.41. The van der Waals surface area contributed by atoms with Crippen molar-refractivity contribution in [3.05, 3.63) is 39.8 Å². The van der Waals surface area contributed by atoms with E-state index in [-0.39, 0.29) is 9.92 Å². The van der Waals surface area contributed by atoms with Crippen LogP contribution in [0.5, 0.6) is 0 Å². The van der Waals surface area contributed by atoms with Crippen molar-refractivity contribution >= 4 is 49.7 Å². The largest absolute Gasteiger partial charge is 0.263 e. The van der Waals surface area contributed by atoms with E-state index in [0.717, 1.165) is 0 Å². The molecule has 0 aliphatic rings. The molecule has 1 aromatic carbocycles. The average molecular weight is 309 g/mol. The minimum Gasteiger partial charge on any atom is -0.255 e. The van der Waals surface area contributed by atoms with Crippen LogP contribution in [0.25, 0.3) is 0 Å². The summed E-state index contributed by atoms with van der Waals surface area (Å²) in [6.45, 7) is 0.